The van der Waals surface area contributed by atoms with Crippen molar-refractivity contribution >= 4 is 22.8 Å². The predicted molar refractivity (Wildman–Crippen MR) is 130 cm³/mol. The predicted octanol–water partition coefficient (Wildman–Crippen LogP) is 4.51. The molecule has 34 heavy (non-hydrogen) atoms. The number of benzene rings is 2. The fourth-order valence-corrected chi connectivity index (χ4v) is 5.81. The van der Waals surface area contributed by atoms with Crippen LogP contribution < -0.4 is 4.74 Å². The lowest BCUT2D eigenvalue weighted by Gasteiger charge is -2.43. The second-order valence-electron chi connectivity index (χ2n) is 9.39. The van der Waals surface area contributed by atoms with Crippen LogP contribution in [0.15, 0.2) is 42.6 Å². The molecule has 3 heterocycles. The van der Waals surface area contributed by atoms with E-state index in [9.17, 15) is 14.7 Å². The van der Waals surface area contributed by atoms with Gasteiger partial charge >= 0.3 is 5.97 Å². The van der Waals surface area contributed by atoms with Crippen molar-refractivity contribution in [2.45, 2.75) is 51.2 Å². The second-order valence-corrected chi connectivity index (χ2v) is 9.39. The number of aromatic amines is 1. The summed E-state index contributed by atoms with van der Waals surface area (Å²) in [6, 6.07) is 11.4. The van der Waals surface area contributed by atoms with Gasteiger partial charge in [0.15, 0.2) is 0 Å². The van der Waals surface area contributed by atoms with E-state index in [-0.39, 0.29) is 18.0 Å². The van der Waals surface area contributed by atoms with Crippen LogP contribution in [0.25, 0.3) is 10.9 Å². The van der Waals surface area contributed by atoms with E-state index in [0.29, 0.717) is 18.5 Å². The first-order chi connectivity index (χ1) is 16.5. The molecule has 0 saturated carbocycles. The number of nitrogens with zero attached hydrogens (tertiary/aromatic N) is 2. The minimum absolute atomic E-state index is 0.112. The fraction of sp³-hybridized carbons (Fsp3) is 0.407. The minimum atomic E-state index is -0.920. The average molecular weight is 462 g/mol. The molecule has 0 unspecified atom stereocenters. The summed E-state index contributed by atoms with van der Waals surface area (Å²) >= 11 is 0. The van der Waals surface area contributed by atoms with Gasteiger partial charge in [0, 0.05) is 60.8 Å². The van der Waals surface area contributed by atoms with Crippen LogP contribution in [0.4, 0.5) is 0 Å². The normalized spacial score (nSPS) is 21.4. The number of nitrogens with one attached hydrogen (secondary N) is 1. The molecule has 2 N–H and O–H groups in total. The van der Waals surface area contributed by atoms with Gasteiger partial charge in [0.25, 0.3) is 0 Å². The Morgan fingerprint density at radius 2 is 2.06 bits per heavy atom. The molecule has 0 bridgehead atoms. The van der Waals surface area contributed by atoms with Gasteiger partial charge < -0.3 is 19.7 Å². The maximum absolute atomic E-state index is 12.5. The molecular formula is C27H31N3O4. The highest BCUT2D eigenvalue weighted by Gasteiger charge is 2.37. The molecule has 1 amide bonds. The van der Waals surface area contributed by atoms with Crippen LogP contribution in [0.1, 0.15) is 58.8 Å². The van der Waals surface area contributed by atoms with Gasteiger partial charge in [-0.15, -0.1) is 0 Å². The molecule has 2 aliphatic rings. The fourth-order valence-electron chi connectivity index (χ4n) is 5.81. The Morgan fingerprint density at radius 3 is 2.79 bits per heavy atom. The highest BCUT2D eigenvalue weighted by Crippen LogP contribution is 2.39. The van der Waals surface area contributed by atoms with E-state index in [1.807, 2.05) is 23.2 Å². The zero-order valence-electron chi connectivity index (χ0n) is 19.7. The molecule has 1 aromatic heterocycles. The molecule has 7 heteroatoms. The number of piperidine rings is 1. The SMILES string of the molecule is COc1cc(C)c2[nH]ccc2c1CN1CC[C@@H](N2CCCC2=O)C[C@@H]1c1ccccc1C(=O)O. The summed E-state index contributed by atoms with van der Waals surface area (Å²) in [6.07, 6.45) is 5.07. The van der Waals surface area contributed by atoms with E-state index < -0.39 is 5.97 Å². The van der Waals surface area contributed by atoms with Crippen LogP contribution in [-0.2, 0) is 11.3 Å². The molecule has 0 aliphatic carbocycles. The van der Waals surface area contributed by atoms with Crippen LogP contribution >= 0.6 is 0 Å². The number of ether oxygens (including phenoxy) is 1. The molecule has 2 aromatic carbocycles. The number of aromatic carboxylic acids is 1. The van der Waals surface area contributed by atoms with Gasteiger partial charge in [0.2, 0.25) is 5.91 Å². The minimum Gasteiger partial charge on any atom is -0.496 e. The Bertz CT molecular complexity index is 1230. The zero-order chi connectivity index (χ0) is 23.8. The van der Waals surface area contributed by atoms with Gasteiger partial charge in [-0.05, 0) is 55.5 Å². The van der Waals surface area contributed by atoms with Crippen molar-refractivity contribution in [3.05, 3.63) is 64.8 Å². The molecule has 178 valence electrons. The number of carboxylic acids is 1. The Balaban J connectivity index is 1.54. The Labute approximate surface area is 199 Å². The number of carbonyl (C=O) groups excluding carboxylic acids is 1. The number of rotatable bonds is 6. The molecule has 7 nitrogen and oxygen atoms in total. The van der Waals surface area contributed by atoms with Crippen molar-refractivity contribution in [1.82, 2.24) is 14.8 Å². The molecule has 2 aliphatic heterocycles. The van der Waals surface area contributed by atoms with E-state index >= 15 is 0 Å². The standard InChI is InChI=1S/C27H31N3O4/c1-17-14-24(34-2)22(20-9-11-28-26(17)20)16-29-13-10-18(30-12-5-8-25(30)31)15-23(29)19-6-3-4-7-21(19)27(32)33/h3-4,6-7,9,11,14,18,23,28H,5,8,10,12-13,15-16H2,1-2H3,(H,32,33)/t18-,23-/m1/s1. The molecule has 2 saturated heterocycles. The van der Waals surface area contributed by atoms with Crippen molar-refractivity contribution in [1.29, 1.82) is 0 Å². The highest BCUT2D eigenvalue weighted by atomic mass is 16.5. The Morgan fingerprint density at radius 1 is 1.24 bits per heavy atom. The number of carbonyl (C=O) groups is 2. The van der Waals surface area contributed by atoms with Crippen molar-refractivity contribution in [3.63, 3.8) is 0 Å². The van der Waals surface area contributed by atoms with Crippen LogP contribution in [0, 0.1) is 6.92 Å². The third-order valence-electron chi connectivity index (χ3n) is 7.48. The zero-order valence-corrected chi connectivity index (χ0v) is 19.7. The molecule has 0 spiro atoms. The number of carboxylic acid groups (broad SMARTS) is 1. The number of aromatic nitrogens is 1. The monoisotopic (exact) mass is 461 g/mol. The number of H-pyrrole nitrogens is 1. The summed E-state index contributed by atoms with van der Waals surface area (Å²) < 4.78 is 5.78. The van der Waals surface area contributed by atoms with E-state index in [1.165, 1.54) is 0 Å². The van der Waals surface area contributed by atoms with Crippen LogP contribution in [0.2, 0.25) is 0 Å². The van der Waals surface area contributed by atoms with Gasteiger partial charge in [-0.1, -0.05) is 18.2 Å². The third-order valence-corrected chi connectivity index (χ3v) is 7.48. The lowest BCUT2D eigenvalue weighted by molar-refractivity contribution is -0.131. The van der Waals surface area contributed by atoms with Crippen molar-refractivity contribution < 1.29 is 19.4 Å². The first-order valence-corrected chi connectivity index (χ1v) is 12.0. The second kappa shape index (κ2) is 9.14. The summed E-state index contributed by atoms with van der Waals surface area (Å²) in [4.78, 5) is 32.3. The summed E-state index contributed by atoms with van der Waals surface area (Å²) in [5.41, 5.74) is 4.45. The van der Waals surface area contributed by atoms with Crippen molar-refractivity contribution in [2.24, 2.45) is 0 Å². The molecule has 2 fully saturated rings. The number of aryl methyl sites for hydroxylation is 1. The number of amides is 1. The summed E-state index contributed by atoms with van der Waals surface area (Å²) in [5, 5.41) is 11.0. The molecule has 2 atom stereocenters. The van der Waals surface area contributed by atoms with E-state index in [2.05, 4.69) is 28.9 Å². The van der Waals surface area contributed by atoms with Gasteiger partial charge in [-0.25, -0.2) is 4.79 Å². The van der Waals surface area contributed by atoms with Gasteiger partial charge in [-0.2, -0.15) is 0 Å². The largest absolute Gasteiger partial charge is 0.496 e. The van der Waals surface area contributed by atoms with Gasteiger partial charge in [0.05, 0.1) is 12.7 Å². The number of hydrogen-bond donors (Lipinski definition) is 2. The van der Waals surface area contributed by atoms with Crippen LogP contribution in [-0.4, -0.2) is 58.0 Å². The molecule has 5 rings (SSSR count). The number of fused-ring (bicyclic) bond motifs is 1. The van der Waals surface area contributed by atoms with Gasteiger partial charge in [0.1, 0.15) is 5.75 Å². The Hall–Kier alpha value is -3.32. The van der Waals surface area contributed by atoms with Crippen LogP contribution in [0.3, 0.4) is 0 Å². The number of methoxy groups -OCH3 is 1. The average Bonchev–Trinajstić information content (AvgIpc) is 3.50. The van der Waals surface area contributed by atoms with E-state index in [4.69, 9.17) is 4.74 Å². The quantitative estimate of drug-likeness (QED) is 0.564. The summed E-state index contributed by atoms with van der Waals surface area (Å²) in [7, 11) is 1.69. The maximum atomic E-state index is 12.5. The first kappa shape index (κ1) is 22.5. The maximum Gasteiger partial charge on any atom is 0.336 e. The lowest BCUT2D eigenvalue weighted by atomic mass is 9.87. The summed E-state index contributed by atoms with van der Waals surface area (Å²) in [5.74, 6) is 0.139. The number of likely N-dealkylation sites (tertiary alicyclic amines) is 2. The van der Waals surface area contributed by atoms with E-state index in [1.54, 1.807) is 19.2 Å². The first-order valence-electron chi connectivity index (χ1n) is 12.0. The summed E-state index contributed by atoms with van der Waals surface area (Å²) in [6.45, 7) is 4.27. The molecule has 3 aromatic rings. The van der Waals surface area contributed by atoms with E-state index in [0.717, 1.165) is 65.7 Å². The number of hydrogen-bond acceptors (Lipinski definition) is 4. The third kappa shape index (κ3) is 3.94. The Kier molecular flexibility index (Phi) is 6.04. The lowest BCUT2D eigenvalue weighted by Crippen LogP contribution is -2.46. The van der Waals surface area contributed by atoms with Gasteiger partial charge in [-0.3, -0.25) is 9.69 Å². The smallest absolute Gasteiger partial charge is 0.336 e. The highest BCUT2D eigenvalue weighted by molar-refractivity contribution is 5.90. The van der Waals surface area contributed by atoms with Crippen molar-refractivity contribution in [2.75, 3.05) is 20.2 Å². The molecular weight excluding hydrogens is 430 g/mol. The molecule has 0 radical (unpaired) electrons. The van der Waals surface area contributed by atoms with Crippen LogP contribution in [0.5, 0.6) is 5.75 Å². The van der Waals surface area contributed by atoms with Crippen molar-refractivity contribution in [3.8, 4) is 5.75 Å². The topological polar surface area (TPSA) is 85.9 Å².